The topological polar surface area (TPSA) is 26.9 Å². The molecule has 84 valence electrons. The average Bonchev–Trinajstić information content (AvgIpc) is 2.40. The smallest absolute Gasteiger partial charge is 0.224 e. The van der Waals surface area contributed by atoms with Crippen LogP contribution in [0.15, 0.2) is 48.5 Å². The molecule has 0 fully saturated rings. The minimum atomic E-state index is 0.745. The van der Waals surface area contributed by atoms with Crippen molar-refractivity contribution in [2.24, 2.45) is 0 Å². The summed E-state index contributed by atoms with van der Waals surface area (Å²) in [5, 5.41) is 15.5. The molecule has 2 heteroatoms. The molecule has 0 aliphatic carbocycles. The maximum Gasteiger partial charge on any atom is 0.224 e. The lowest BCUT2D eigenvalue weighted by Crippen LogP contribution is -2.32. The van der Waals surface area contributed by atoms with E-state index in [2.05, 4.69) is 6.07 Å². The maximum absolute atomic E-state index is 12.3. The average molecular weight is 223 g/mol. The van der Waals surface area contributed by atoms with Crippen molar-refractivity contribution in [1.82, 2.24) is 0 Å². The van der Waals surface area contributed by atoms with E-state index in [-0.39, 0.29) is 0 Å². The molecule has 0 radical (unpaired) electrons. The molecule has 0 bridgehead atoms. The van der Waals surface area contributed by atoms with Crippen LogP contribution in [0.3, 0.4) is 0 Å². The van der Waals surface area contributed by atoms with Crippen molar-refractivity contribution in [3.8, 4) is 0 Å². The third-order valence-corrected chi connectivity index (χ3v) is 3.23. The van der Waals surface area contributed by atoms with E-state index < -0.39 is 0 Å². The van der Waals surface area contributed by atoms with E-state index in [0.717, 1.165) is 38.5 Å². The molecular weight excluding hydrogens is 210 g/mol. The fraction of sp³-hybridized carbons (Fsp3) is 0.133. The molecule has 0 amide bonds. The largest absolute Gasteiger partial charge is 0.618 e. The van der Waals surface area contributed by atoms with Gasteiger partial charge in [0.15, 0.2) is 0 Å². The van der Waals surface area contributed by atoms with E-state index in [1.54, 1.807) is 0 Å². The minimum absolute atomic E-state index is 0.745. The number of aromatic nitrogens is 1. The van der Waals surface area contributed by atoms with Gasteiger partial charge in [0.2, 0.25) is 11.2 Å². The number of para-hydroxylation sites is 1. The van der Waals surface area contributed by atoms with E-state index >= 15 is 0 Å². The SMILES string of the molecule is CCc1c2ccccc2c2ccccc2[n+]1[O-]. The number of aryl methyl sites for hydroxylation is 1. The maximum atomic E-state index is 12.3. The van der Waals surface area contributed by atoms with Crippen molar-refractivity contribution in [2.45, 2.75) is 13.3 Å². The first-order valence-corrected chi connectivity index (χ1v) is 5.85. The normalized spacial score (nSPS) is 11.1. The molecule has 0 aliphatic heterocycles. The number of rotatable bonds is 1. The Morgan fingerprint density at radius 3 is 2.18 bits per heavy atom. The number of hydrogen-bond acceptors (Lipinski definition) is 1. The summed E-state index contributed by atoms with van der Waals surface area (Å²) < 4.78 is 1.07. The Morgan fingerprint density at radius 1 is 0.882 bits per heavy atom. The quantitative estimate of drug-likeness (QED) is 0.353. The van der Waals surface area contributed by atoms with Gasteiger partial charge in [-0.05, 0) is 12.1 Å². The molecule has 0 unspecified atom stereocenters. The molecule has 3 rings (SSSR count). The number of fused-ring (bicyclic) bond motifs is 3. The summed E-state index contributed by atoms with van der Waals surface area (Å²) in [5.41, 5.74) is 1.60. The first kappa shape index (κ1) is 10.1. The predicted octanol–water partition coefficient (Wildman–Crippen LogP) is 3.19. The fourth-order valence-corrected chi connectivity index (χ4v) is 2.44. The van der Waals surface area contributed by atoms with Gasteiger partial charge in [0, 0.05) is 17.9 Å². The molecule has 0 spiro atoms. The lowest BCUT2D eigenvalue weighted by atomic mass is 10.0. The minimum Gasteiger partial charge on any atom is -0.618 e. The van der Waals surface area contributed by atoms with Crippen molar-refractivity contribution >= 4 is 21.7 Å². The Labute approximate surface area is 99.7 Å². The van der Waals surface area contributed by atoms with Gasteiger partial charge in [0.25, 0.3) is 0 Å². The van der Waals surface area contributed by atoms with Crippen LogP contribution in [0, 0.1) is 5.21 Å². The van der Waals surface area contributed by atoms with Gasteiger partial charge < -0.3 is 5.21 Å². The van der Waals surface area contributed by atoms with Gasteiger partial charge in [0.1, 0.15) is 0 Å². The molecule has 0 saturated heterocycles. The van der Waals surface area contributed by atoms with Crippen molar-refractivity contribution in [3.05, 3.63) is 59.4 Å². The first-order valence-electron chi connectivity index (χ1n) is 5.85. The molecule has 1 aromatic heterocycles. The summed E-state index contributed by atoms with van der Waals surface area (Å²) in [6, 6.07) is 15.9. The van der Waals surface area contributed by atoms with Gasteiger partial charge in [-0.3, -0.25) is 0 Å². The second-order valence-corrected chi connectivity index (χ2v) is 4.16. The van der Waals surface area contributed by atoms with Crippen LogP contribution in [0.5, 0.6) is 0 Å². The van der Waals surface area contributed by atoms with Gasteiger partial charge >= 0.3 is 0 Å². The summed E-state index contributed by atoms with van der Waals surface area (Å²) >= 11 is 0. The zero-order valence-electron chi connectivity index (χ0n) is 9.68. The van der Waals surface area contributed by atoms with Crippen LogP contribution in [0.4, 0.5) is 0 Å². The van der Waals surface area contributed by atoms with Crippen molar-refractivity contribution in [3.63, 3.8) is 0 Å². The number of pyridine rings is 1. The van der Waals surface area contributed by atoms with Crippen LogP contribution in [-0.4, -0.2) is 0 Å². The monoisotopic (exact) mass is 223 g/mol. The number of benzene rings is 2. The van der Waals surface area contributed by atoms with E-state index in [9.17, 15) is 5.21 Å². The van der Waals surface area contributed by atoms with E-state index in [1.165, 1.54) is 0 Å². The lowest BCUT2D eigenvalue weighted by molar-refractivity contribution is -0.584. The number of nitrogens with zero attached hydrogens (tertiary/aromatic N) is 1. The molecule has 0 N–H and O–H groups in total. The summed E-state index contributed by atoms with van der Waals surface area (Å²) in [7, 11) is 0. The third-order valence-electron chi connectivity index (χ3n) is 3.23. The van der Waals surface area contributed by atoms with E-state index in [4.69, 9.17) is 0 Å². The summed E-state index contributed by atoms with van der Waals surface area (Å²) in [6.07, 6.45) is 0.745. The first-order chi connectivity index (χ1) is 8.33. The molecular formula is C15H13NO. The highest BCUT2D eigenvalue weighted by molar-refractivity contribution is 6.04. The Morgan fingerprint density at radius 2 is 1.47 bits per heavy atom. The highest BCUT2D eigenvalue weighted by Gasteiger charge is 2.15. The predicted molar refractivity (Wildman–Crippen MR) is 69.8 cm³/mol. The molecule has 2 nitrogen and oxygen atoms in total. The van der Waals surface area contributed by atoms with E-state index in [1.807, 2.05) is 49.4 Å². The lowest BCUT2D eigenvalue weighted by Gasteiger charge is -2.10. The van der Waals surface area contributed by atoms with E-state index in [0.29, 0.717) is 0 Å². The molecule has 2 aromatic carbocycles. The molecule has 1 heterocycles. The van der Waals surface area contributed by atoms with Gasteiger partial charge in [-0.25, -0.2) is 0 Å². The summed E-state index contributed by atoms with van der Waals surface area (Å²) in [5.74, 6) is 0. The Bertz CT molecular complexity index is 704. The molecule has 0 saturated carbocycles. The highest BCUT2D eigenvalue weighted by atomic mass is 16.5. The zero-order valence-corrected chi connectivity index (χ0v) is 9.68. The number of hydrogen-bond donors (Lipinski definition) is 0. The van der Waals surface area contributed by atoms with Gasteiger partial charge in [-0.1, -0.05) is 37.3 Å². The zero-order chi connectivity index (χ0) is 11.8. The van der Waals surface area contributed by atoms with Crippen molar-refractivity contribution in [2.75, 3.05) is 0 Å². The van der Waals surface area contributed by atoms with Crippen molar-refractivity contribution < 1.29 is 4.73 Å². The second-order valence-electron chi connectivity index (χ2n) is 4.16. The fourth-order valence-electron chi connectivity index (χ4n) is 2.44. The molecule has 0 atom stereocenters. The summed E-state index contributed by atoms with van der Waals surface area (Å²) in [6.45, 7) is 2.02. The summed E-state index contributed by atoms with van der Waals surface area (Å²) in [4.78, 5) is 0. The highest BCUT2D eigenvalue weighted by Crippen LogP contribution is 2.24. The van der Waals surface area contributed by atoms with Crippen LogP contribution in [-0.2, 0) is 6.42 Å². The Balaban J connectivity index is 2.64. The van der Waals surface area contributed by atoms with Gasteiger partial charge in [0.05, 0.1) is 10.8 Å². The molecule has 0 aliphatic rings. The van der Waals surface area contributed by atoms with Crippen LogP contribution in [0.25, 0.3) is 21.7 Å². The second kappa shape index (κ2) is 3.74. The standard InChI is InChI=1S/C15H13NO/c1-2-14-12-8-4-3-7-11(12)13-9-5-6-10-15(13)16(14)17/h3-10H,2H2,1H3. The third kappa shape index (κ3) is 1.37. The van der Waals surface area contributed by atoms with Crippen LogP contribution in [0.2, 0.25) is 0 Å². The molecule has 17 heavy (non-hydrogen) atoms. The molecule has 3 aromatic rings. The Kier molecular flexibility index (Phi) is 2.22. The van der Waals surface area contributed by atoms with Gasteiger partial charge in [-0.2, -0.15) is 4.73 Å². The van der Waals surface area contributed by atoms with Crippen LogP contribution < -0.4 is 4.73 Å². The Hall–Kier alpha value is -2.09. The van der Waals surface area contributed by atoms with Crippen LogP contribution >= 0.6 is 0 Å². The van der Waals surface area contributed by atoms with Crippen LogP contribution in [0.1, 0.15) is 12.6 Å². The van der Waals surface area contributed by atoms with Crippen molar-refractivity contribution in [1.29, 1.82) is 0 Å². The van der Waals surface area contributed by atoms with Gasteiger partial charge in [-0.15, -0.1) is 0 Å².